The third-order valence-electron chi connectivity index (χ3n) is 1.45. The zero-order valence-electron chi connectivity index (χ0n) is 5.96. The van der Waals surface area contributed by atoms with Gasteiger partial charge in [0.15, 0.2) is 4.33 Å². The smallest absolute Gasteiger partial charge is 0.201 e. The van der Waals surface area contributed by atoms with E-state index in [4.69, 9.17) is 65.9 Å². The molecule has 2 nitrogen and oxygen atoms in total. The van der Waals surface area contributed by atoms with Gasteiger partial charge in [0.25, 0.3) is 0 Å². The summed E-state index contributed by atoms with van der Waals surface area (Å²) in [5.74, 6) is 0. The number of hydrogen-bond donors (Lipinski definition) is 1. The van der Waals surface area contributed by atoms with Gasteiger partial charge < -0.3 is 0 Å². The van der Waals surface area contributed by atoms with Crippen molar-refractivity contribution in [3.05, 3.63) is 0 Å². The third kappa shape index (κ3) is 1.92. The van der Waals surface area contributed by atoms with E-state index in [2.05, 4.69) is 10.5 Å². The Kier molecular flexibility index (Phi) is 3.65. The SMILES string of the molecule is CC1(Cl)NN=C(Cl)S1(Cl)(Cl)(Cl)Cl.[Ir]. The van der Waals surface area contributed by atoms with Crippen molar-refractivity contribution in [1.29, 1.82) is 0 Å². The van der Waals surface area contributed by atoms with Crippen LogP contribution in [0.4, 0.5) is 0 Å². The fourth-order valence-electron chi connectivity index (χ4n) is 0.486. The van der Waals surface area contributed by atoms with E-state index in [1.807, 2.05) is 0 Å². The van der Waals surface area contributed by atoms with Gasteiger partial charge in [-0.15, -0.1) is 0 Å². The Hall–Kier alpha value is 2.21. The summed E-state index contributed by atoms with van der Waals surface area (Å²) in [5, 5.41) is -1.21. The van der Waals surface area contributed by atoms with Crippen molar-refractivity contribution >= 4 is 75.6 Å². The quantitative estimate of drug-likeness (QED) is 0.381. The minimum absolute atomic E-state index is 0. The van der Waals surface area contributed by atoms with Gasteiger partial charge in [0.2, 0.25) is 4.50 Å². The number of nitrogens with zero attached hydrogens (tertiary/aromatic N) is 1. The molecule has 0 amide bonds. The summed E-state index contributed by atoms with van der Waals surface area (Å²) in [6.07, 6.45) is 0. The van der Waals surface area contributed by atoms with Crippen LogP contribution in [0.5, 0.6) is 0 Å². The molecule has 1 aliphatic rings. The number of halogens is 6. The van der Waals surface area contributed by atoms with Crippen LogP contribution in [0.3, 0.4) is 0 Å². The molecule has 0 saturated heterocycles. The Bertz CT molecular complexity index is 279. The number of nitrogens with one attached hydrogen (secondary N) is 1. The van der Waals surface area contributed by atoms with Crippen LogP contribution in [0.2, 0.25) is 0 Å². The summed E-state index contributed by atoms with van der Waals surface area (Å²) in [7, 11) is 23.5. The molecule has 0 aromatic heterocycles. The van der Waals surface area contributed by atoms with Crippen molar-refractivity contribution in [2.24, 2.45) is 5.10 Å². The van der Waals surface area contributed by atoms with E-state index in [-0.39, 0.29) is 24.6 Å². The number of hydrogen-bond acceptors (Lipinski definition) is 2. The molecule has 0 saturated carbocycles. The van der Waals surface area contributed by atoms with Crippen molar-refractivity contribution in [3.8, 4) is 0 Å². The van der Waals surface area contributed by atoms with Gasteiger partial charge >= 0.3 is 0 Å². The largest absolute Gasteiger partial charge is 0.276 e. The first-order valence-electron chi connectivity index (χ1n) is 2.60. The average molecular weight is 505 g/mol. The Morgan fingerprint density at radius 1 is 1.31 bits per heavy atom. The molecular weight excluding hydrogens is 501 g/mol. The molecule has 1 rings (SSSR count). The molecule has 83 valence electrons. The first-order valence-corrected chi connectivity index (χ1v) is 9.11. The second kappa shape index (κ2) is 3.12. The summed E-state index contributed by atoms with van der Waals surface area (Å²) < 4.78 is -1.82. The monoisotopic (exact) mass is 503 g/mol. The number of rotatable bonds is 0. The van der Waals surface area contributed by atoms with E-state index in [9.17, 15) is 0 Å². The number of hydrazone groups is 1. The van der Waals surface area contributed by atoms with Gasteiger partial charge in [-0.1, -0.05) is 23.2 Å². The van der Waals surface area contributed by atoms with Crippen LogP contribution in [0.1, 0.15) is 6.92 Å². The van der Waals surface area contributed by atoms with E-state index in [0.29, 0.717) is 0 Å². The summed E-state index contributed by atoms with van der Waals surface area (Å²) >= 11 is 11.4. The molecule has 10 heteroatoms. The van der Waals surface area contributed by atoms with Gasteiger partial charge in [-0.25, -0.2) is 0 Å². The maximum absolute atomic E-state index is 5.88. The third-order valence-corrected chi connectivity index (χ3v) is 13.7. The Labute approximate surface area is 116 Å². The van der Waals surface area contributed by atoms with Crippen molar-refractivity contribution in [2.75, 3.05) is 0 Å². The first kappa shape index (κ1) is 15.2. The van der Waals surface area contributed by atoms with Gasteiger partial charge in [-0.3, -0.25) is 5.43 Å². The Balaban J connectivity index is 0.00000144. The molecule has 13 heavy (non-hydrogen) atoms. The van der Waals surface area contributed by atoms with Crippen LogP contribution in [-0.2, 0) is 20.1 Å². The average Bonchev–Trinajstić information content (AvgIpc) is 1.88. The molecule has 1 heterocycles. The fraction of sp³-hybridized carbons (Fsp3) is 0.667. The topological polar surface area (TPSA) is 24.4 Å². The molecule has 0 bridgehead atoms. The van der Waals surface area contributed by atoms with Gasteiger partial charge in [0.1, 0.15) is 0 Å². The van der Waals surface area contributed by atoms with Crippen molar-refractivity contribution in [3.63, 3.8) is 0 Å². The molecule has 1 aliphatic heterocycles. The van der Waals surface area contributed by atoms with Gasteiger partial charge in [-0.05, 0) is 49.7 Å². The second-order valence-corrected chi connectivity index (χ2v) is 19.5. The molecule has 1 unspecified atom stereocenters. The summed E-state index contributed by atoms with van der Waals surface area (Å²) in [4.78, 5) is 0. The van der Waals surface area contributed by atoms with E-state index in [0.717, 1.165) is 0 Å². The molecule has 0 aromatic rings. The molecule has 1 radical (unpaired) electrons. The zero-order chi connectivity index (χ0) is 9.90. The van der Waals surface area contributed by atoms with E-state index in [1.54, 1.807) is 0 Å². The molecule has 1 atom stereocenters. The summed E-state index contributed by atoms with van der Waals surface area (Å²) in [5.41, 5.74) is 2.36. The van der Waals surface area contributed by atoms with Gasteiger partial charge in [0.05, 0.1) is 0 Å². The minimum atomic E-state index is -4.72. The van der Waals surface area contributed by atoms with E-state index in [1.165, 1.54) is 6.92 Å². The molecule has 0 aliphatic carbocycles. The fourth-order valence-corrected chi connectivity index (χ4v) is 2.97. The summed E-state index contributed by atoms with van der Waals surface area (Å²) in [6, 6.07) is 0. The Morgan fingerprint density at radius 2 is 1.69 bits per heavy atom. The predicted molar refractivity (Wildman–Crippen MR) is 61.7 cm³/mol. The maximum Gasteiger partial charge on any atom is 0.201 e. The second-order valence-electron chi connectivity index (χ2n) is 2.46. The predicted octanol–water partition coefficient (Wildman–Crippen LogP) is 4.50. The summed E-state index contributed by atoms with van der Waals surface area (Å²) in [6.45, 7) is 1.40. The molecule has 0 aromatic carbocycles. The minimum Gasteiger partial charge on any atom is -0.276 e. The molecule has 0 fully saturated rings. The standard InChI is InChI=1S/C3H4Cl6N2S.Ir/c1-3(5)11-10-2(4)12(3,6,7,8)9;/h11H,1H3;. The first-order chi connectivity index (χ1) is 4.91. The van der Waals surface area contributed by atoms with Crippen LogP contribution in [-0.4, -0.2) is 8.83 Å². The van der Waals surface area contributed by atoms with Crippen molar-refractivity contribution in [2.45, 2.75) is 11.3 Å². The van der Waals surface area contributed by atoms with E-state index >= 15 is 0 Å². The molecule has 1 N–H and O–H groups in total. The van der Waals surface area contributed by atoms with Crippen LogP contribution in [0, 0.1) is 0 Å². The van der Waals surface area contributed by atoms with Crippen LogP contribution < -0.4 is 5.43 Å². The van der Waals surface area contributed by atoms with Crippen molar-refractivity contribution in [1.82, 2.24) is 5.43 Å². The molecule has 0 spiro atoms. The number of alkyl halides is 1. The Morgan fingerprint density at radius 3 is 1.77 bits per heavy atom. The van der Waals surface area contributed by atoms with Crippen LogP contribution >= 0.6 is 71.1 Å². The van der Waals surface area contributed by atoms with Gasteiger partial charge in [-0.2, -0.15) is 5.10 Å². The van der Waals surface area contributed by atoms with Gasteiger partial charge in [0, 0.05) is 25.3 Å². The maximum atomic E-state index is 5.88. The normalized spacial score (nSPS) is 43.8. The van der Waals surface area contributed by atoms with E-state index < -0.39 is 9.48 Å². The zero-order valence-corrected chi connectivity index (χ0v) is 13.7. The van der Waals surface area contributed by atoms with Crippen LogP contribution in [0.25, 0.3) is 0 Å². The van der Waals surface area contributed by atoms with Crippen LogP contribution in [0.15, 0.2) is 5.10 Å². The van der Waals surface area contributed by atoms with Crippen molar-refractivity contribution < 1.29 is 20.1 Å². The molecular formula is C3H4Cl6IrN2S.